The summed E-state index contributed by atoms with van der Waals surface area (Å²) < 4.78 is 6.60. The summed E-state index contributed by atoms with van der Waals surface area (Å²) >= 11 is 0. The highest BCUT2D eigenvalue weighted by Crippen LogP contribution is 2.26. The van der Waals surface area contributed by atoms with Crippen LogP contribution >= 0.6 is 0 Å². The van der Waals surface area contributed by atoms with E-state index in [1.54, 1.807) is 0 Å². The number of rotatable bonds is 6. The Morgan fingerprint density at radius 2 is 1.12 bits per heavy atom. The SMILES string of the molecule is CC/C=C(\C)[Si](C)(C)O[Si](C)(C)/C(C)=C/CC. The quantitative estimate of drug-likeness (QED) is 0.602. The summed E-state index contributed by atoms with van der Waals surface area (Å²) in [5.74, 6) is 0. The van der Waals surface area contributed by atoms with Gasteiger partial charge in [-0.15, -0.1) is 0 Å². The minimum absolute atomic E-state index is 1.11. The van der Waals surface area contributed by atoms with E-state index in [2.05, 4.69) is 66.0 Å². The highest BCUT2D eigenvalue weighted by atomic mass is 28.4. The van der Waals surface area contributed by atoms with Crippen LogP contribution in [0.25, 0.3) is 0 Å². The van der Waals surface area contributed by atoms with Gasteiger partial charge in [0.15, 0.2) is 0 Å². The zero-order valence-corrected chi connectivity index (χ0v) is 15.0. The summed E-state index contributed by atoms with van der Waals surface area (Å²) in [4.78, 5) is 0. The molecule has 0 aromatic heterocycles. The van der Waals surface area contributed by atoms with Crippen molar-refractivity contribution in [2.45, 2.75) is 66.7 Å². The van der Waals surface area contributed by atoms with Gasteiger partial charge < -0.3 is 4.12 Å². The van der Waals surface area contributed by atoms with Crippen molar-refractivity contribution in [1.82, 2.24) is 0 Å². The second-order valence-corrected chi connectivity index (χ2v) is 14.1. The van der Waals surface area contributed by atoms with Crippen LogP contribution in [0.3, 0.4) is 0 Å². The van der Waals surface area contributed by atoms with E-state index in [0.717, 1.165) is 12.8 Å². The average Bonchev–Trinajstić information content (AvgIpc) is 2.16. The van der Waals surface area contributed by atoms with E-state index in [4.69, 9.17) is 4.12 Å². The summed E-state index contributed by atoms with van der Waals surface area (Å²) in [5.41, 5.74) is 0. The number of hydrogen-bond donors (Lipinski definition) is 0. The van der Waals surface area contributed by atoms with Gasteiger partial charge in [0.25, 0.3) is 0 Å². The van der Waals surface area contributed by atoms with Crippen LogP contribution in [0.2, 0.25) is 26.2 Å². The van der Waals surface area contributed by atoms with Crippen molar-refractivity contribution in [3.63, 3.8) is 0 Å². The summed E-state index contributed by atoms with van der Waals surface area (Å²) in [6.07, 6.45) is 6.87. The van der Waals surface area contributed by atoms with Crippen LogP contribution in [0.4, 0.5) is 0 Å². The van der Waals surface area contributed by atoms with Crippen LogP contribution in [0.15, 0.2) is 22.5 Å². The fourth-order valence-corrected chi connectivity index (χ4v) is 9.69. The van der Waals surface area contributed by atoms with Gasteiger partial charge in [0, 0.05) is 0 Å². The van der Waals surface area contributed by atoms with E-state index in [-0.39, 0.29) is 0 Å². The number of allylic oxidation sites excluding steroid dienone is 4. The maximum atomic E-state index is 6.60. The first kappa shape index (κ1) is 16.9. The van der Waals surface area contributed by atoms with E-state index in [1.807, 2.05) is 0 Å². The monoisotopic (exact) mass is 270 g/mol. The fraction of sp³-hybridized carbons (Fsp3) is 0.714. The predicted octanol–water partition coefficient (Wildman–Crippen LogP) is 5.20. The molecule has 0 aliphatic rings. The van der Waals surface area contributed by atoms with Gasteiger partial charge in [0.1, 0.15) is 0 Å². The molecular formula is C14H30OSi2. The molecule has 3 heteroatoms. The molecule has 0 atom stereocenters. The lowest BCUT2D eigenvalue weighted by molar-refractivity contribution is 0.561. The third-order valence-electron chi connectivity index (χ3n) is 3.43. The second-order valence-electron chi connectivity index (χ2n) is 5.71. The molecule has 0 amide bonds. The molecule has 0 aromatic carbocycles. The van der Waals surface area contributed by atoms with Crippen LogP contribution in [0.1, 0.15) is 40.5 Å². The summed E-state index contributed by atoms with van der Waals surface area (Å²) in [6.45, 7) is 18.1. The Kier molecular flexibility index (Phi) is 6.66. The molecule has 0 N–H and O–H groups in total. The normalized spacial score (nSPS) is 15.3. The second kappa shape index (κ2) is 6.71. The lowest BCUT2D eigenvalue weighted by atomic mass is 10.4. The Morgan fingerprint density at radius 3 is 1.35 bits per heavy atom. The molecule has 0 aliphatic heterocycles. The molecule has 0 unspecified atom stereocenters. The lowest BCUT2D eigenvalue weighted by Crippen LogP contribution is -2.46. The largest absolute Gasteiger partial charge is 0.449 e. The maximum Gasteiger partial charge on any atom is 0.201 e. The van der Waals surface area contributed by atoms with Crippen molar-refractivity contribution in [2.24, 2.45) is 0 Å². The van der Waals surface area contributed by atoms with Crippen LogP contribution in [0, 0.1) is 0 Å². The van der Waals surface area contributed by atoms with Crippen molar-refractivity contribution in [3.8, 4) is 0 Å². The first-order valence-corrected chi connectivity index (χ1v) is 12.5. The van der Waals surface area contributed by atoms with Crippen molar-refractivity contribution >= 4 is 16.6 Å². The Morgan fingerprint density at radius 1 is 0.824 bits per heavy atom. The molecule has 100 valence electrons. The van der Waals surface area contributed by atoms with Gasteiger partial charge in [0.2, 0.25) is 16.6 Å². The third-order valence-corrected chi connectivity index (χ3v) is 11.7. The average molecular weight is 271 g/mol. The molecular weight excluding hydrogens is 240 g/mol. The summed E-state index contributed by atoms with van der Waals surface area (Å²) in [7, 11) is -3.35. The first-order valence-electron chi connectivity index (χ1n) is 6.72. The fourth-order valence-electron chi connectivity index (χ4n) is 1.90. The van der Waals surface area contributed by atoms with Gasteiger partial charge in [-0.25, -0.2) is 0 Å². The van der Waals surface area contributed by atoms with Gasteiger partial charge in [-0.1, -0.05) is 36.4 Å². The topological polar surface area (TPSA) is 9.23 Å². The smallest absolute Gasteiger partial charge is 0.201 e. The van der Waals surface area contributed by atoms with Crippen LogP contribution in [-0.4, -0.2) is 16.6 Å². The Labute approximate surface area is 110 Å². The molecule has 0 spiro atoms. The highest BCUT2D eigenvalue weighted by molar-refractivity contribution is 6.91. The zero-order chi connectivity index (χ0) is 13.7. The zero-order valence-electron chi connectivity index (χ0n) is 13.0. The summed E-state index contributed by atoms with van der Waals surface area (Å²) in [5, 5.41) is 2.95. The molecule has 0 saturated heterocycles. The predicted molar refractivity (Wildman–Crippen MR) is 84.1 cm³/mol. The van der Waals surface area contributed by atoms with Crippen LogP contribution in [0.5, 0.6) is 0 Å². The van der Waals surface area contributed by atoms with Gasteiger partial charge >= 0.3 is 0 Å². The standard InChI is InChI=1S/C14H30OSi2/c1-9-11-13(3)16(5,6)15-17(7,8)14(4)12-10-2/h11-12H,9-10H2,1-8H3/b13-11+,14-12+. The molecule has 0 radical (unpaired) electrons. The minimum Gasteiger partial charge on any atom is -0.449 e. The van der Waals surface area contributed by atoms with E-state index in [0.29, 0.717) is 0 Å². The van der Waals surface area contributed by atoms with Gasteiger partial charge in [-0.2, -0.15) is 0 Å². The molecule has 0 saturated carbocycles. The van der Waals surface area contributed by atoms with Crippen LogP contribution < -0.4 is 0 Å². The molecule has 0 rings (SSSR count). The number of hydrogen-bond acceptors (Lipinski definition) is 1. The highest BCUT2D eigenvalue weighted by Gasteiger charge is 2.35. The molecule has 0 bridgehead atoms. The molecule has 0 fully saturated rings. The van der Waals surface area contributed by atoms with E-state index in [1.165, 1.54) is 10.4 Å². The van der Waals surface area contributed by atoms with E-state index >= 15 is 0 Å². The molecule has 1 nitrogen and oxygen atoms in total. The van der Waals surface area contributed by atoms with Crippen molar-refractivity contribution in [3.05, 3.63) is 22.5 Å². The van der Waals surface area contributed by atoms with Crippen molar-refractivity contribution < 1.29 is 4.12 Å². The van der Waals surface area contributed by atoms with Gasteiger partial charge in [0.05, 0.1) is 0 Å². The Hall–Kier alpha value is -0.126. The van der Waals surface area contributed by atoms with E-state index in [9.17, 15) is 0 Å². The first-order chi connectivity index (χ1) is 7.67. The lowest BCUT2D eigenvalue weighted by Gasteiger charge is -2.35. The maximum absolute atomic E-state index is 6.60. The molecule has 0 aliphatic carbocycles. The Bertz CT molecular complexity index is 271. The minimum atomic E-state index is -1.67. The van der Waals surface area contributed by atoms with Crippen molar-refractivity contribution in [2.75, 3.05) is 0 Å². The van der Waals surface area contributed by atoms with Gasteiger partial charge in [-0.05, 0) is 52.9 Å². The third kappa shape index (κ3) is 5.36. The van der Waals surface area contributed by atoms with Gasteiger partial charge in [-0.3, -0.25) is 0 Å². The molecule has 17 heavy (non-hydrogen) atoms. The molecule has 0 heterocycles. The van der Waals surface area contributed by atoms with E-state index < -0.39 is 16.6 Å². The molecule has 0 aromatic rings. The summed E-state index contributed by atoms with van der Waals surface area (Å²) in [6, 6.07) is 0. The Balaban J connectivity index is 4.93. The van der Waals surface area contributed by atoms with Crippen molar-refractivity contribution in [1.29, 1.82) is 0 Å². The van der Waals surface area contributed by atoms with Crippen LogP contribution in [-0.2, 0) is 4.12 Å².